The number of halogens is 2. The average Bonchev–Trinajstić information content (AvgIpc) is 2.44. The van der Waals surface area contributed by atoms with Gasteiger partial charge in [-0.3, -0.25) is 4.79 Å². The van der Waals surface area contributed by atoms with Crippen LogP contribution in [-0.2, 0) is 16.0 Å². The Morgan fingerprint density at radius 3 is 2.50 bits per heavy atom. The highest BCUT2D eigenvalue weighted by molar-refractivity contribution is 5.89. The van der Waals surface area contributed by atoms with Gasteiger partial charge in [-0.1, -0.05) is 25.3 Å². The third-order valence-electron chi connectivity index (χ3n) is 3.94. The Labute approximate surface area is 118 Å². The van der Waals surface area contributed by atoms with E-state index in [4.69, 9.17) is 4.74 Å². The lowest BCUT2D eigenvalue weighted by Crippen LogP contribution is -2.44. The van der Waals surface area contributed by atoms with Gasteiger partial charge in [0.25, 0.3) is 0 Å². The zero-order chi connectivity index (χ0) is 14.6. The fourth-order valence-corrected chi connectivity index (χ4v) is 2.90. The molecule has 0 amide bonds. The number of carbonyl (C=O) groups is 1. The topological polar surface area (TPSA) is 26.3 Å². The summed E-state index contributed by atoms with van der Waals surface area (Å²) in [4.78, 5) is 12.5. The molecule has 0 heterocycles. The van der Waals surface area contributed by atoms with Gasteiger partial charge in [0, 0.05) is 13.0 Å². The van der Waals surface area contributed by atoms with Crippen LogP contribution < -0.4 is 0 Å². The average molecular weight is 282 g/mol. The number of ketones is 1. The summed E-state index contributed by atoms with van der Waals surface area (Å²) in [7, 11) is 0. The zero-order valence-corrected chi connectivity index (χ0v) is 11.8. The summed E-state index contributed by atoms with van der Waals surface area (Å²) in [5.41, 5.74) is -0.226. The molecule has 0 unspecified atom stereocenters. The number of benzene rings is 1. The van der Waals surface area contributed by atoms with Gasteiger partial charge in [0.05, 0.1) is 0 Å². The number of carbonyl (C=O) groups excluding carboxylic acids is 1. The minimum atomic E-state index is -0.913. The second kappa shape index (κ2) is 6.44. The van der Waals surface area contributed by atoms with E-state index in [0.29, 0.717) is 12.2 Å². The second-order valence-electron chi connectivity index (χ2n) is 5.34. The molecule has 110 valence electrons. The number of hydrogen-bond acceptors (Lipinski definition) is 2. The Bertz CT molecular complexity index is 474. The summed E-state index contributed by atoms with van der Waals surface area (Å²) in [6, 6.07) is 3.61. The van der Waals surface area contributed by atoms with E-state index in [2.05, 4.69) is 0 Å². The molecule has 0 aliphatic heterocycles. The third-order valence-corrected chi connectivity index (χ3v) is 3.94. The molecule has 1 aliphatic carbocycles. The molecule has 1 aromatic rings. The molecule has 0 radical (unpaired) electrons. The number of Topliss-reactive ketones (excluding diaryl/α,β-unsaturated/α-hetero) is 1. The van der Waals surface area contributed by atoms with Gasteiger partial charge >= 0.3 is 0 Å². The van der Waals surface area contributed by atoms with E-state index in [1.807, 2.05) is 6.92 Å². The van der Waals surface area contributed by atoms with Crippen LogP contribution in [0.3, 0.4) is 0 Å². The lowest BCUT2D eigenvalue weighted by atomic mass is 9.79. The van der Waals surface area contributed by atoms with Crippen molar-refractivity contribution >= 4 is 5.78 Å². The van der Waals surface area contributed by atoms with Crippen LogP contribution in [0.25, 0.3) is 0 Å². The van der Waals surface area contributed by atoms with Gasteiger partial charge in [0.2, 0.25) is 0 Å². The molecule has 1 saturated carbocycles. The van der Waals surface area contributed by atoms with Crippen molar-refractivity contribution in [2.75, 3.05) is 6.61 Å². The molecular weight excluding hydrogens is 262 g/mol. The summed E-state index contributed by atoms with van der Waals surface area (Å²) >= 11 is 0. The first kappa shape index (κ1) is 15.1. The van der Waals surface area contributed by atoms with Crippen LogP contribution in [0.4, 0.5) is 8.78 Å². The van der Waals surface area contributed by atoms with Gasteiger partial charge in [-0.15, -0.1) is 0 Å². The molecular formula is C16H20F2O2. The van der Waals surface area contributed by atoms with E-state index >= 15 is 0 Å². The highest BCUT2D eigenvalue weighted by Crippen LogP contribution is 2.33. The third kappa shape index (κ3) is 3.23. The maximum Gasteiger partial charge on any atom is 0.168 e. The van der Waals surface area contributed by atoms with E-state index in [0.717, 1.165) is 44.2 Å². The monoisotopic (exact) mass is 282 g/mol. The molecule has 0 bridgehead atoms. The maximum atomic E-state index is 13.2. The van der Waals surface area contributed by atoms with Crippen molar-refractivity contribution in [1.82, 2.24) is 0 Å². The number of ether oxygens (including phenoxy) is 1. The molecule has 2 rings (SSSR count). The molecule has 1 aliphatic rings. The summed E-state index contributed by atoms with van der Waals surface area (Å²) < 4.78 is 31.8. The highest BCUT2D eigenvalue weighted by Gasteiger charge is 2.39. The second-order valence-corrected chi connectivity index (χ2v) is 5.34. The first-order valence-corrected chi connectivity index (χ1v) is 7.18. The van der Waals surface area contributed by atoms with Gasteiger partial charge in [0.15, 0.2) is 17.4 Å². The minimum absolute atomic E-state index is 0.0231. The van der Waals surface area contributed by atoms with E-state index in [1.54, 1.807) is 0 Å². The van der Waals surface area contributed by atoms with Crippen LogP contribution in [0.2, 0.25) is 0 Å². The van der Waals surface area contributed by atoms with Crippen molar-refractivity contribution < 1.29 is 18.3 Å². The largest absolute Gasteiger partial charge is 0.367 e. The van der Waals surface area contributed by atoms with Crippen LogP contribution in [-0.4, -0.2) is 18.0 Å². The Morgan fingerprint density at radius 1 is 1.20 bits per heavy atom. The zero-order valence-electron chi connectivity index (χ0n) is 11.8. The van der Waals surface area contributed by atoms with Crippen molar-refractivity contribution in [1.29, 1.82) is 0 Å². The van der Waals surface area contributed by atoms with Crippen molar-refractivity contribution in [2.45, 2.75) is 51.0 Å². The normalized spacial score (nSPS) is 17.9. The maximum absolute atomic E-state index is 13.2. The van der Waals surface area contributed by atoms with Crippen molar-refractivity contribution in [3.63, 3.8) is 0 Å². The van der Waals surface area contributed by atoms with E-state index < -0.39 is 17.2 Å². The summed E-state index contributed by atoms with van der Waals surface area (Å²) in [5.74, 6) is -1.83. The minimum Gasteiger partial charge on any atom is -0.367 e. The highest BCUT2D eigenvalue weighted by atomic mass is 19.2. The Hall–Kier alpha value is -1.29. The number of rotatable bonds is 5. The van der Waals surface area contributed by atoms with Gasteiger partial charge in [-0.05, 0) is 37.5 Å². The predicted octanol–water partition coefficient (Wildman–Crippen LogP) is 3.82. The lowest BCUT2D eigenvalue weighted by Gasteiger charge is -2.35. The smallest absolute Gasteiger partial charge is 0.168 e. The lowest BCUT2D eigenvalue weighted by molar-refractivity contribution is -0.148. The van der Waals surface area contributed by atoms with Crippen LogP contribution >= 0.6 is 0 Å². The summed E-state index contributed by atoms with van der Waals surface area (Å²) in [6.45, 7) is 2.37. The fraction of sp³-hybridized carbons (Fsp3) is 0.562. The van der Waals surface area contributed by atoms with Crippen LogP contribution in [0.15, 0.2) is 18.2 Å². The molecule has 0 aromatic heterocycles. The molecule has 0 atom stereocenters. The molecule has 0 N–H and O–H groups in total. The summed E-state index contributed by atoms with van der Waals surface area (Å²) in [6.07, 6.45) is 4.62. The molecule has 20 heavy (non-hydrogen) atoms. The standard InChI is InChI=1S/C16H20F2O2/c1-2-20-16(8-4-3-5-9-16)15(19)11-12-6-7-13(17)14(18)10-12/h6-7,10H,2-5,8-9,11H2,1H3. The fourth-order valence-electron chi connectivity index (χ4n) is 2.90. The molecule has 2 nitrogen and oxygen atoms in total. The number of hydrogen-bond donors (Lipinski definition) is 0. The molecule has 0 spiro atoms. The van der Waals surface area contributed by atoms with E-state index in [9.17, 15) is 13.6 Å². The Balaban J connectivity index is 2.13. The Morgan fingerprint density at radius 2 is 1.90 bits per heavy atom. The molecule has 4 heteroatoms. The van der Waals surface area contributed by atoms with Gasteiger partial charge in [-0.2, -0.15) is 0 Å². The van der Waals surface area contributed by atoms with E-state index in [-0.39, 0.29) is 12.2 Å². The first-order chi connectivity index (χ1) is 9.57. The van der Waals surface area contributed by atoms with Crippen LogP contribution in [0.5, 0.6) is 0 Å². The van der Waals surface area contributed by atoms with Crippen LogP contribution in [0.1, 0.15) is 44.6 Å². The molecule has 1 aromatic carbocycles. The summed E-state index contributed by atoms with van der Waals surface area (Å²) in [5, 5.41) is 0. The molecule has 1 fully saturated rings. The van der Waals surface area contributed by atoms with Gasteiger partial charge < -0.3 is 4.74 Å². The quantitative estimate of drug-likeness (QED) is 0.820. The van der Waals surface area contributed by atoms with Crippen molar-refractivity contribution in [3.05, 3.63) is 35.4 Å². The first-order valence-electron chi connectivity index (χ1n) is 7.18. The van der Waals surface area contributed by atoms with Gasteiger partial charge in [0.1, 0.15) is 5.60 Å². The van der Waals surface area contributed by atoms with E-state index in [1.165, 1.54) is 6.07 Å². The van der Waals surface area contributed by atoms with Crippen molar-refractivity contribution in [2.24, 2.45) is 0 Å². The van der Waals surface area contributed by atoms with Gasteiger partial charge in [-0.25, -0.2) is 8.78 Å². The predicted molar refractivity (Wildman–Crippen MR) is 72.5 cm³/mol. The Kier molecular flexibility index (Phi) is 4.86. The van der Waals surface area contributed by atoms with Crippen LogP contribution in [0, 0.1) is 11.6 Å². The SMILES string of the molecule is CCOC1(C(=O)Cc2ccc(F)c(F)c2)CCCCC1. The van der Waals surface area contributed by atoms with Crippen molar-refractivity contribution in [3.8, 4) is 0 Å². The molecule has 0 saturated heterocycles.